The fourth-order valence-corrected chi connectivity index (χ4v) is 5.60. The van der Waals surface area contributed by atoms with Crippen LogP contribution in [0.2, 0.25) is 0 Å². The third-order valence-corrected chi connectivity index (χ3v) is 8.97. The monoisotopic (exact) mass is 298 g/mol. The van der Waals surface area contributed by atoms with E-state index in [0.717, 1.165) is 0 Å². The van der Waals surface area contributed by atoms with Crippen molar-refractivity contribution in [3.05, 3.63) is 0 Å². The van der Waals surface area contributed by atoms with Gasteiger partial charge in [-0.1, -0.05) is 20.8 Å². The third kappa shape index (κ3) is 4.01. The standard InChI is InChI=1S/C8H18O4S2.K.H2O/c1-5-8(4,13(9,10)6-2)14(11,12)7-3;;/h5-7H2,1-4H3;;1H2/q;+1;/p-1. The fraction of sp³-hybridized carbons (Fsp3) is 1.00. The largest absolute Gasteiger partial charge is 1.00 e. The predicted molar refractivity (Wildman–Crippen MR) is 59.6 cm³/mol. The molecule has 0 aromatic heterocycles. The van der Waals surface area contributed by atoms with Crippen LogP contribution >= 0.6 is 0 Å². The predicted octanol–water partition coefficient (Wildman–Crippen LogP) is -2.19. The van der Waals surface area contributed by atoms with Crippen molar-refractivity contribution in [1.82, 2.24) is 0 Å². The van der Waals surface area contributed by atoms with Gasteiger partial charge in [-0.2, -0.15) is 0 Å². The Hall–Kier alpha value is 1.50. The number of hydrogen-bond acceptors (Lipinski definition) is 5. The van der Waals surface area contributed by atoms with Crippen molar-refractivity contribution in [2.45, 2.75) is 38.2 Å². The Morgan fingerprint density at radius 1 is 0.875 bits per heavy atom. The van der Waals surface area contributed by atoms with E-state index in [1.54, 1.807) is 6.92 Å². The second kappa shape index (κ2) is 7.83. The van der Waals surface area contributed by atoms with Crippen molar-refractivity contribution in [2.24, 2.45) is 0 Å². The summed E-state index contributed by atoms with van der Waals surface area (Å²) in [7, 11) is -7.14. The topological polar surface area (TPSA) is 98.3 Å². The van der Waals surface area contributed by atoms with Crippen LogP contribution in [-0.4, -0.2) is 37.9 Å². The summed E-state index contributed by atoms with van der Waals surface area (Å²) in [4.78, 5) is 0. The Morgan fingerprint density at radius 3 is 1.25 bits per heavy atom. The summed E-state index contributed by atoms with van der Waals surface area (Å²) in [5.41, 5.74) is 0. The molecule has 0 aliphatic carbocycles. The molecule has 8 heteroatoms. The van der Waals surface area contributed by atoms with Crippen LogP contribution in [0.15, 0.2) is 0 Å². The van der Waals surface area contributed by atoms with Gasteiger partial charge in [0.15, 0.2) is 23.8 Å². The summed E-state index contributed by atoms with van der Waals surface area (Å²) >= 11 is 0. The summed E-state index contributed by atoms with van der Waals surface area (Å²) in [6.45, 7) is 5.81. The van der Waals surface area contributed by atoms with E-state index in [0.29, 0.717) is 0 Å². The molecule has 0 aromatic rings. The molecule has 0 amide bonds. The summed E-state index contributed by atoms with van der Waals surface area (Å²) in [6.07, 6.45) is 0.0966. The smallest absolute Gasteiger partial charge is 0.870 e. The van der Waals surface area contributed by atoms with E-state index in [2.05, 4.69) is 0 Å². The van der Waals surface area contributed by atoms with Gasteiger partial charge in [-0.05, 0) is 13.3 Å². The quantitative estimate of drug-likeness (QED) is 0.537. The number of sulfone groups is 2. The first kappa shape index (κ1) is 22.7. The molecule has 0 aliphatic heterocycles. The van der Waals surface area contributed by atoms with Crippen LogP contribution in [0.25, 0.3) is 0 Å². The second-order valence-electron chi connectivity index (χ2n) is 3.29. The minimum absolute atomic E-state index is 0. The van der Waals surface area contributed by atoms with E-state index in [-0.39, 0.29) is 74.8 Å². The molecule has 0 aliphatic rings. The molecular weight excluding hydrogens is 279 g/mol. The molecule has 16 heavy (non-hydrogen) atoms. The Kier molecular flexibility index (Phi) is 11.1. The summed E-state index contributed by atoms with van der Waals surface area (Å²) in [6, 6.07) is 0. The van der Waals surface area contributed by atoms with Gasteiger partial charge in [0.25, 0.3) is 0 Å². The summed E-state index contributed by atoms with van der Waals surface area (Å²) in [5.74, 6) is -0.285. The van der Waals surface area contributed by atoms with Crippen LogP contribution in [0, 0.1) is 0 Å². The van der Waals surface area contributed by atoms with E-state index in [1.165, 1.54) is 20.8 Å². The molecule has 1 N–H and O–H groups in total. The molecule has 94 valence electrons. The zero-order chi connectivity index (χ0) is 11.6. The van der Waals surface area contributed by atoms with Crippen molar-refractivity contribution in [1.29, 1.82) is 0 Å². The molecule has 0 saturated heterocycles. The summed E-state index contributed by atoms with van der Waals surface area (Å²) < 4.78 is 45.1. The molecule has 0 radical (unpaired) electrons. The van der Waals surface area contributed by atoms with Crippen LogP contribution in [0.4, 0.5) is 0 Å². The van der Waals surface area contributed by atoms with Crippen molar-refractivity contribution in [2.75, 3.05) is 11.5 Å². The molecule has 0 unspecified atom stereocenters. The molecule has 0 bridgehead atoms. The SMILES string of the molecule is CCC(C)(S(=O)(=O)CC)S(=O)(=O)CC.[K+].[OH-]. The number of rotatable bonds is 5. The molecule has 5 nitrogen and oxygen atoms in total. The van der Waals surface area contributed by atoms with E-state index >= 15 is 0 Å². The Labute approximate surface area is 141 Å². The maximum atomic E-state index is 11.7. The molecule has 0 spiro atoms. The van der Waals surface area contributed by atoms with Gasteiger partial charge in [-0.25, -0.2) is 16.8 Å². The molecular formula is C8H19KO5S2. The van der Waals surface area contributed by atoms with Crippen LogP contribution in [0.3, 0.4) is 0 Å². The van der Waals surface area contributed by atoms with Crippen LogP contribution in [0.1, 0.15) is 34.1 Å². The minimum atomic E-state index is -3.57. The van der Waals surface area contributed by atoms with Crippen LogP contribution in [-0.2, 0) is 19.7 Å². The van der Waals surface area contributed by atoms with Gasteiger partial charge < -0.3 is 5.48 Å². The molecule has 0 fully saturated rings. The van der Waals surface area contributed by atoms with E-state index in [9.17, 15) is 16.8 Å². The Balaban J connectivity index is -0.000000845. The second-order valence-corrected chi connectivity index (χ2v) is 8.97. The van der Waals surface area contributed by atoms with Gasteiger partial charge >= 0.3 is 51.4 Å². The fourth-order valence-electron chi connectivity index (χ4n) is 1.24. The first-order chi connectivity index (χ1) is 6.18. The molecule has 0 heterocycles. The van der Waals surface area contributed by atoms with E-state index < -0.39 is 23.8 Å². The maximum absolute atomic E-state index is 11.7. The van der Waals surface area contributed by atoms with E-state index in [4.69, 9.17) is 0 Å². The zero-order valence-electron chi connectivity index (χ0n) is 10.5. The first-order valence-electron chi connectivity index (χ1n) is 4.63. The minimum Gasteiger partial charge on any atom is -0.870 e. The molecule has 0 saturated carbocycles. The van der Waals surface area contributed by atoms with Crippen molar-refractivity contribution in [3.8, 4) is 0 Å². The van der Waals surface area contributed by atoms with Gasteiger partial charge in [0.1, 0.15) is 0 Å². The molecule has 0 atom stereocenters. The van der Waals surface area contributed by atoms with Gasteiger partial charge in [0.05, 0.1) is 0 Å². The van der Waals surface area contributed by atoms with E-state index in [1.807, 2.05) is 0 Å². The van der Waals surface area contributed by atoms with Crippen molar-refractivity contribution < 1.29 is 73.7 Å². The molecule has 0 aromatic carbocycles. The van der Waals surface area contributed by atoms with Crippen LogP contribution in [0.5, 0.6) is 0 Å². The van der Waals surface area contributed by atoms with Gasteiger partial charge in [0, 0.05) is 11.5 Å². The Morgan fingerprint density at radius 2 is 1.12 bits per heavy atom. The Bertz CT molecular complexity index is 351. The normalized spacial score (nSPS) is 12.5. The zero-order valence-corrected chi connectivity index (χ0v) is 15.3. The van der Waals surface area contributed by atoms with Crippen molar-refractivity contribution >= 4 is 19.7 Å². The molecule has 0 rings (SSSR count). The van der Waals surface area contributed by atoms with Crippen LogP contribution < -0.4 is 51.4 Å². The summed E-state index contributed by atoms with van der Waals surface area (Å²) in [5, 5.41) is 0. The average molecular weight is 298 g/mol. The van der Waals surface area contributed by atoms with Gasteiger partial charge in [-0.3, -0.25) is 0 Å². The first-order valence-corrected chi connectivity index (χ1v) is 7.93. The van der Waals surface area contributed by atoms with Crippen molar-refractivity contribution in [3.63, 3.8) is 0 Å². The van der Waals surface area contributed by atoms with Gasteiger partial charge in [-0.15, -0.1) is 0 Å². The van der Waals surface area contributed by atoms with Gasteiger partial charge in [0.2, 0.25) is 0 Å². The third-order valence-electron chi connectivity index (χ3n) is 2.72. The number of hydrogen-bond donors (Lipinski definition) is 0. The maximum Gasteiger partial charge on any atom is 1.00 e. The average Bonchev–Trinajstić information content (AvgIpc) is 2.15.